The maximum absolute atomic E-state index is 17.6. The minimum Gasteiger partial charge on any atom is -0.463 e. The maximum Gasteiger partial charge on any atom is 0.410 e. The summed E-state index contributed by atoms with van der Waals surface area (Å²) in [7, 11) is -2.11. The van der Waals surface area contributed by atoms with Crippen LogP contribution in [0.2, 0.25) is 16.6 Å². The van der Waals surface area contributed by atoms with Gasteiger partial charge in [0.1, 0.15) is 30.8 Å². The molecule has 1 saturated carbocycles. The van der Waals surface area contributed by atoms with E-state index in [1.165, 1.54) is 6.07 Å². The van der Waals surface area contributed by atoms with E-state index in [0.29, 0.717) is 47.7 Å². The van der Waals surface area contributed by atoms with Crippen molar-refractivity contribution in [3.63, 3.8) is 0 Å². The van der Waals surface area contributed by atoms with E-state index in [4.69, 9.17) is 19.4 Å². The molecule has 2 bridgehead atoms. The highest BCUT2D eigenvalue weighted by Gasteiger charge is 2.46. The summed E-state index contributed by atoms with van der Waals surface area (Å²) in [6, 6.07) is 11.1. The van der Waals surface area contributed by atoms with E-state index in [-0.39, 0.29) is 46.1 Å². The van der Waals surface area contributed by atoms with E-state index in [1.807, 2.05) is 56.9 Å². The first-order valence-corrected chi connectivity index (χ1v) is 23.3. The largest absolute Gasteiger partial charge is 0.463 e. The smallest absolute Gasteiger partial charge is 0.410 e. The molecular formula is C47H60F2N4O3Si. The molecule has 7 rings (SSSR count). The number of aromatic nitrogens is 2. The Bertz CT molecular complexity index is 2230. The molecule has 2 atom stereocenters. The van der Waals surface area contributed by atoms with Crippen LogP contribution < -0.4 is 9.64 Å². The lowest BCUT2D eigenvalue weighted by Gasteiger charge is -2.42. The maximum atomic E-state index is 17.6. The van der Waals surface area contributed by atoms with Gasteiger partial charge in [-0.15, -0.1) is 5.54 Å². The number of halogens is 2. The molecule has 1 aromatic heterocycles. The van der Waals surface area contributed by atoms with Crippen molar-refractivity contribution >= 4 is 41.7 Å². The minimum atomic E-state index is -2.11. The Hall–Kier alpha value is -4.23. The molecule has 2 unspecified atom stereocenters. The quantitative estimate of drug-likeness (QED) is 0.124. The molecule has 3 fully saturated rings. The second kappa shape index (κ2) is 15.2. The summed E-state index contributed by atoms with van der Waals surface area (Å²) in [4.78, 5) is 26.8. The Balaban J connectivity index is 1.38. The summed E-state index contributed by atoms with van der Waals surface area (Å²) < 4.78 is 46.7. The lowest BCUT2D eigenvalue weighted by Crippen LogP contribution is -2.57. The lowest BCUT2D eigenvalue weighted by atomic mass is 9.91. The van der Waals surface area contributed by atoms with Crippen LogP contribution in [0.4, 0.5) is 19.4 Å². The molecule has 304 valence electrons. The van der Waals surface area contributed by atoms with Crippen LogP contribution in [0, 0.1) is 35.4 Å². The molecule has 57 heavy (non-hydrogen) atoms. The molecule has 1 aliphatic carbocycles. The van der Waals surface area contributed by atoms with Crippen molar-refractivity contribution in [2.24, 2.45) is 5.41 Å². The highest BCUT2D eigenvalue weighted by atomic mass is 28.3. The zero-order valence-corrected chi connectivity index (χ0v) is 36.8. The van der Waals surface area contributed by atoms with Gasteiger partial charge in [0.05, 0.1) is 24.3 Å². The number of hydrogen-bond acceptors (Lipinski definition) is 6. The van der Waals surface area contributed by atoms with Crippen molar-refractivity contribution in [2.45, 2.75) is 143 Å². The number of amides is 1. The number of benzene rings is 3. The first kappa shape index (κ1) is 40.9. The van der Waals surface area contributed by atoms with Crippen molar-refractivity contribution < 1.29 is 23.0 Å². The van der Waals surface area contributed by atoms with Crippen molar-refractivity contribution in [2.75, 3.05) is 24.6 Å². The molecule has 10 heteroatoms. The molecule has 0 radical (unpaired) electrons. The summed E-state index contributed by atoms with van der Waals surface area (Å²) in [5.74, 6) is 2.57. The van der Waals surface area contributed by atoms with Gasteiger partial charge in [0, 0.05) is 34.8 Å². The fraction of sp³-hybridized carbons (Fsp3) is 0.553. The summed E-state index contributed by atoms with van der Waals surface area (Å²) in [6.07, 6.45) is 4.36. The minimum absolute atomic E-state index is 0.0127. The van der Waals surface area contributed by atoms with Gasteiger partial charge < -0.3 is 14.4 Å². The molecule has 0 spiro atoms. The summed E-state index contributed by atoms with van der Waals surface area (Å²) in [5.41, 5.74) is 6.57. The topological polar surface area (TPSA) is 67.8 Å². The van der Waals surface area contributed by atoms with Crippen LogP contribution in [-0.4, -0.2) is 66.4 Å². The fourth-order valence-electron chi connectivity index (χ4n) is 9.88. The van der Waals surface area contributed by atoms with Crippen LogP contribution >= 0.6 is 0 Å². The SMILES string of the molecule is CCC1(COc2nc(N3CC4CCC(C3)N4C(=O)OC(C)(C)C)c3cc(F)c(-c4cc(C)cc5cccc(C#C[Si](C(C)C)(C(C)C)C(C)C)c45)c(F)c3n2)CC1. The van der Waals surface area contributed by atoms with E-state index in [2.05, 4.69) is 70.9 Å². The molecule has 4 aromatic rings. The van der Waals surface area contributed by atoms with E-state index >= 15 is 8.78 Å². The molecule has 2 aliphatic heterocycles. The van der Waals surface area contributed by atoms with Crippen LogP contribution in [-0.2, 0) is 4.74 Å². The lowest BCUT2D eigenvalue weighted by molar-refractivity contribution is 0.0122. The van der Waals surface area contributed by atoms with Crippen LogP contribution in [0.15, 0.2) is 36.4 Å². The Labute approximate surface area is 338 Å². The number of carbonyl (C=O) groups is 1. The summed E-state index contributed by atoms with van der Waals surface area (Å²) >= 11 is 0. The van der Waals surface area contributed by atoms with Crippen molar-refractivity contribution in [1.82, 2.24) is 14.9 Å². The number of fused-ring (bicyclic) bond motifs is 4. The first-order chi connectivity index (χ1) is 26.9. The van der Waals surface area contributed by atoms with Gasteiger partial charge in [-0.1, -0.05) is 78.7 Å². The molecule has 2 saturated heterocycles. The Kier molecular flexibility index (Phi) is 10.9. The monoisotopic (exact) mass is 794 g/mol. The number of rotatable bonds is 9. The normalized spacial score (nSPS) is 19.2. The molecule has 3 heterocycles. The standard InChI is InChI=1S/C47H60F2N4O3Si/c1-12-47(19-20-47)27-55-44-50-42-37(43(51-44)52-25-34-16-17-35(26-52)53(34)45(54)56-46(9,10)11)24-38(48)40(41(42)49)36-23-31(8)22-33-15-13-14-32(39(33)36)18-21-57(28(2)3,29(4)5)30(6)7/h13-15,22-24,28-30,34-35H,12,16-17,19-20,25-27H2,1-11H3. The summed E-state index contributed by atoms with van der Waals surface area (Å²) in [5, 5.41) is 1.88. The third kappa shape index (κ3) is 7.61. The van der Waals surface area contributed by atoms with Crippen LogP contribution in [0.1, 0.15) is 112 Å². The molecule has 0 N–H and O–H groups in total. The van der Waals surface area contributed by atoms with Gasteiger partial charge >= 0.3 is 12.1 Å². The molecule has 1 amide bonds. The Morgan fingerprint density at radius 1 is 0.982 bits per heavy atom. The van der Waals surface area contributed by atoms with Crippen LogP contribution in [0.25, 0.3) is 32.8 Å². The average Bonchev–Trinajstić information content (AvgIpc) is 3.86. The molecule has 3 aliphatic rings. The molecular weight excluding hydrogens is 735 g/mol. The number of anilines is 1. The van der Waals surface area contributed by atoms with Gasteiger partial charge in [-0.3, -0.25) is 4.90 Å². The molecule has 3 aromatic carbocycles. The molecule has 7 nitrogen and oxygen atoms in total. The summed E-state index contributed by atoms with van der Waals surface area (Å²) in [6.45, 7) is 24.7. The zero-order valence-electron chi connectivity index (χ0n) is 35.8. The van der Waals surface area contributed by atoms with E-state index in [1.54, 1.807) is 0 Å². The second-order valence-corrected chi connectivity index (χ2v) is 24.5. The third-order valence-corrected chi connectivity index (χ3v) is 19.4. The van der Waals surface area contributed by atoms with Gasteiger partial charge in [-0.05, 0) is 105 Å². The Morgan fingerprint density at radius 3 is 2.21 bits per heavy atom. The Morgan fingerprint density at radius 2 is 1.63 bits per heavy atom. The van der Waals surface area contributed by atoms with Crippen LogP contribution in [0.5, 0.6) is 6.01 Å². The van der Waals surface area contributed by atoms with Crippen LogP contribution in [0.3, 0.4) is 0 Å². The number of aryl methyl sites for hydroxylation is 1. The number of piperazine rings is 1. The van der Waals surface area contributed by atoms with Gasteiger partial charge in [-0.2, -0.15) is 9.97 Å². The van der Waals surface area contributed by atoms with Crippen molar-refractivity contribution in [3.05, 3.63) is 59.2 Å². The number of ether oxygens (including phenoxy) is 2. The highest BCUT2D eigenvalue weighted by molar-refractivity contribution is 6.90. The number of carbonyl (C=O) groups excluding carboxylic acids is 1. The van der Waals surface area contributed by atoms with Gasteiger partial charge in [0.2, 0.25) is 0 Å². The number of nitrogens with zero attached hydrogens (tertiary/aromatic N) is 4. The van der Waals surface area contributed by atoms with Crippen molar-refractivity contribution in [1.29, 1.82) is 0 Å². The van der Waals surface area contributed by atoms with E-state index < -0.39 is 25.3 Å². The zero-order chi connectivity index (χ0) is 41.2. The average molecular weight is 795 g/mol. The van der Waals surface area contributed by atoms with E-state index in [9.17, 15) is 4.79 Å². The van der Waals surface area contributed by atoms with Gasteiger partial charge in [0.15, 0.2) is 5.82 Å². The van der Waals surface area contributed by atoms with E-state index in [0.717, 1.165) is 54.0 Å². The van der Waals surface area contributed by atoms with Gasteiger partial charge in [0.25, 0.3) is 0 Å². The van der Waals surface area contributed by atoms with Gasteiger partial charge in [-0.25, -0.2) is 13.6 Å². The predicted molar refractivity (Wildman–Crippen MR) is 230 cm³/mol. The number of hydrogen-bond donors (Lipinski definition) is 0. The fourth-order valence-corrected chi connectivity index (χ4v) is 15.1. The third-order valence-electron chi connectivity index (χ3n) is 13.1. The second-order valence-electron chi connectivity index (χ2n) is 19.0. The highest BCUT2D eigenvalue weighted by Crippen LogP contribution is 2.49. The van der Waals surface area contributed by atoms with Crippen molar-refractivity contribution in [3.8, 4) is 28.6 Å². The predicted octanol–water partition coefficient (Wildman–Crippen LogP) is 11.8. The first-order valence-electron chi connectivity index (χ1n) is 21.0.